The van der Waals surface area contributed by atoms with Gasteiger partial charge < -0.3 is 15.8 Å². The van der Waals surface area contributed by atoms with Crippen LogP contribution in [0, 0.1) is 6.92 Å². The molecule has 0 saturated heterocycles. The molecule has 108 valence electrons. The van der Waals surface area contributed by atoms with Gasteiger partial charge in [0.15, 0.2) is 0 Å². The highest BCUT2D eigenvalue weighted by Crippen LogP contribution is 2.18. The van der Waals surface area contributed by atoms with Gasteiger partial charge in [0.25, 0.3) is 5.91 Å². The summed E-state index contributed by atoms with van der Waals surface area (Å²) in [7, 11) is 0. The maximum Gasteiger partial charge on any atom is 0.255 e. The SMILES string of the molecule is Cc1cc(C(=O)Nc2cccc(OCC(N)=S)c2)ccn1. The molecule has 0 fully saturated rings. The molecule has 1 amide bonds. The number of carbonyl (C=O) groups excluding carboxylic acids is 1. The number of benzene rings is 1. The number of aryl methyl sites for hydroxylation is 1. The van der Waals surface area contributed by atoms with Gasteiger partial charge in [-0.3, -0.25) is 9.78 Å². The van der Waals surface area contributed by atoms with Crippen molar-refractivity contribution < 1.29 is 9.53 Å². The second-order valence-corrected chi connectivity index (χ2v) is 4.95. The van der Waals surface area contributed by atoms with Gasteiger partial charge in [-0.15, -0.1) is 0 Å². The summed E-state index contributed by atoms with van der Waals surface area (Å²) in [6, 6.07) is 10.4. The Kier molecular flexibility index (Phi) is 4.84. The minimum atomic E-state index is -0.202. The lowest BCUT2D eigenvalue weighted by molar-refractivity contribution is 0.102. The Hall–Kier alpha value is -2.47. The first-order valence-corrected chi connectivity index (χ1v) is 6.70. The summed E-state index contributed by atoms with van der Waals surface area (Å²) in [6.07, 6.45) is 1.60. The zero-order chi connectivity index (χ0) is 15.2. The Labute approximate surface area is 128 Å². The molecule has 1 heterocycles. The van der Waals surface area contributed by atoms with Crippen LogP contribution in [0.25, 0.3) is 0 Å². The van der Waals surface area contributed by atoms with Crippen LogP contribution in [0.2, 0.25) is 0 Å². The second-order valence-electron chi connectivity index (χ2n) is 4.42. The number of thiocarbonyl (C=S) groups is 1. The zero-order valence-corrected chi connectivity index (χ0v) is 12.3. The van der Waals surface area contributed by atoms with E-state index in [1.807, 2.05) is 6.92 Å². The summed E-state index contributed by atoms with van der Waals surface area (Å²) in [4.78, 5) is 16.5. The molecule has 0 aliphatic carbocycles. The predicted molar refractivity (Wildman–Crippen MR) is 85.6 cm³/mol. The molecule has 0 saturated carbocycles. The molecule has 0 bridgehead atoms. The fourth-order valence-corrected chi connectivity index (χ4v) is 1.77. The number of nitrogens with two attached hydrogens (primary N) is 1. The molecule has 0 aliphatic rings. The molecule has 1 aromatic carbocycles. The number of amides is 1. The highest BCUT2D eigenvalue weighted by atomic mass is 32.1. The predicted octanol–water partition coefficient (Wildman–Crippen LogP) is 2.31. The fraction of sp³-hybridized carbons (Fsp3) is 0.133. The van der Waals surface area contributed by atoms with Crippen molar-refractivity contribution in [2.24, 2.45) is 5.73 Å². The van der Waals surface area contributed by atoms with E-state index in [-0.39, 0.29) is 17.5 Å². The summed E-state index contributed by atoms with van der Waals surface area (Å²) < 4.78 is 5.39. The average molecular weight is 301 g/mol. The summed E-state index contributed by atoms with van der Waals surface area (Å²) in [5.74, 6) is 0.388. The van der Waals surface area contributed by atoms with Crippen molar-refractivity contribution in [1.82, 2.24) is 4.98 Å². The molecule has 0 radical (unpaired) electrons. The third kappa shape index (κ3) is 4.54. The number of ether oxygens (including phenoxy) is 1. The average Bonchev–Trinajstić information content (AvgIpc) is 2.45. The monoisotopic (exact) mass is 301 g/mol. The van der Waals surface area contributed by atoms with Crippen LogP contribution in [0.15, 0.2) is 42.6 Å². The van der Waals surface area contributed by atoms with E-state index in [1.54, 1.807) is 42.6 Å². The van der Waals surface area contributed by atoms with Crippen LogP contribution in [-0.2, 0) is 0 Å². The fourth-order valence-electron chi connectivity index (χ4n) is 1.71. The van der Waals surface area contributed by atoms with Gasteiger partial charge in [0.05, 0.1) is 0 Å². The topological polar surface area (TPSA) is 77.2 Å². The number of hydrogen-bond acceptors (Lipinski definition) is 4. The summed E-state index contributed by atoms with van der Waals surface area (Å²) in [5.41, 5.74) is 7.36. The first-order valence-electron chi connectivity index (χ1n) is 6.30. The number of hydrogen-bond donors (Lipinski definition) is 2. The van der Waals surface area contributed by atoms with Crippen LogP contribution < -0.4 is 15.8 Å². The molecule has 0 spiro atoms. The highest BCUT2D eigenvalue weighted by Gasteiger charge is 2.07. The zero-order valence-electron chi connectivity index (χ0n) is 11.5. The van der Waals surface area contributed by atoms with Gasteiger partial charge in [-0.2, -0.15) is 0 Å². The molecule has 21 heavy (non-hydrogen) atoms. The lowest BCUT2D eigenvalue weighted by Gasteiger charge is -2.09. The Morgan fingerprint density at radius 2 is 2.19 bits per heavy atom. The number of carbonyl (C=O) groups is 1. The second kappa shape index (κ2) is 6.81. The van der Waals surface area contributed by atoms with Gasteiger partial charge in [-0.05, 0) is 31.2 Å². The van der Waals surface area contributed by atoms with E-state index >= 15 is 0 Å². The van der Waals surface area contributed by atoms with Crippen molar-refractivity contribution in [3.8, 4) is 5.75 Å². The van der Waals surface area contributed by atoms with E-state index < -0.39 is 0 Å². The third-order valence-electron chi connectivity index (χ3n) is 2.63. The number of pyridine rings is 1. The molecular weight excluding hydrogens is 286 g/mol. The number of rotatable bonds is 5. The molecule has 1 aromatic heterocycles. The van der Waals surface area contributed by atoms with Crippen LogP contribution in [0.1, 0.15) is 16.1 Å². The van der Waals surface area contributed by atoms with E-state index in [9.17, 15) is 4.79 Å². The Balaban J connectivity index is 2.07. The van der Waals surface area contributed by atoms with Crippen LogP contribution in [-0.4, -0.2) is 22.5 Å². The molecular formula is C15H15N3O2S. The van der Waals surface area contributed by atoms with Gasteiger partial charge in [-0.1, -0.05) is 18.3 Å². The maximum absolute atomic E-state index is 12.1. The smallest absolute Gasteiger partial charge is 0.255 e. The normalized spacial score (nSPS) is 9.95. The lowest BCUT2D eigenvalue weighted by Crippen LogP contribution is -2.18. The van der Waals surface area contributed by atoms with Crippen LogP contribution in [0.4, 0.5) is 5.69 Å². The van der Waals surface area contributed by atoms with Gasteiger partial charge in [0, 0.05) is 29.2 Å². The molecule has 0 unspecified atom stereocenters. The van der Waals surface area contributed by atoms with Gasteiger partial charge in [0.2, 0.25) is 0 Å². The number of anilines is 1. The van der Waals surface area contributed by atoms with Gasteiger partial charge >= 0.3 is 0 Å². The van der Waals surface area contributed by atoms with Gasteiger partial charge in [0.1, 0.15) is 17.3 Å². The molecule has 3 N–H and O–H groups in total. The third-order valence-corrected chi connectivity index (χ3v) is 2.75. The largest absolute Gasteiger partial charge is 0.486 e. The van der Waals surface area contributed by atoms with Crippen molar-refractivity contribution in [2.75, 3.05) is 11.9 Å². The highest BCUT2D eigenvalue weighted by molar-refractivity contribution is 7.80. The molecule has 0 atom stereocenters. The molecule has 2 aromatic rings. The minimum Gasteiger partial charge on any atom is -0.486 e. The Bertz CT molecular complexity index is 673. The first kappa shape index (κ1) is 14.9. The molecule has 2 rings (SSSR count). The van der Waals surface area contributed by atoms with Gasteiger partial charge in [-0.25, -0.2) is 0 Å². The lowest BCUT2D eigenvalue weighted by atomic mass is 10.2. The van der Waals surface area contributed by atoms with Crippen molar-refractivity contribution in [2.45, 2.75) is 6.92 Å². The minimum absolute atomic E-state index is 0.163. The van der Waals surface area contributed by atoms with Crippen molar-refractivity contribution in [3.05, 3.63) is 53.9 Å². The quantitative estimate of drug-likeness (QED) is 0.829. The summed E-state index contributed by atoms with van der Waals surface area (Å²) >= 11 is 4.75. The Morgan fingerprint density at radius 1 is 1.38 bits per heavy atom. The number of nitrogens with zero attached hydrogens (tertiary/aromatic N) is 1. The van der Waals surface area contributed by atoms with E-state index in [2.05, 4.69) is 10.3 Å². The van der Waals surface area contributed by atoms with Crippen molar-refractivity contribution in [3.63, 3.8) is 0 Å². The van der Waals surface area contributed by atoms with Crippen molar-refractivity contribution in [1.29, 1.82) is 0 Å². The Morgan fingerprint density at radius 3 is 2.90 bits per heavy atom. The summed E-state index contributed by atoms with van der Waals surface area (Å²) in [5, 5.41) is 2.80. The van der Waals surface area contributed by atoms with Crippen LogP contribution >= 0.6 is 12.2 Å². The van der Waals surface area contributed by atoms with Crippen LogP contribution in [0.5, 0.6) is 5.75 Å². The maximum atomic E-state index is 12.1. The molecule has 6 heteroatoms. The summed E-state index contributed by atoms with van der Waals surface area (Å²) in [6.45, 7) is 2.00. The van der Waals surface area contributed by atoms with E-state index in [1.165, 1.54) is 0 Å². The number of aromatic nitrogens is 1. The molecule has 0 aliphatic heterocycles. The number of nitrogens with one attached hydrogen (secondary N) is 1. The van der Waals surface area contributed by atoms with E-state index in [0.717, 1.165) is 5.69 Å². The van der Waals surface area contributed by atoms with E-state index in [0.29, 0.717) is 17.0 Å². The van der Waals surface area contributed by atoms with Crippen LogP contribution in [0.3, 0.4) is 0 Å². The van der Waals surface area contributed by atoms with Crippen molar-refractivity contribution >= 4 is 28.8 Å². The standard InChI is InChI=1S/C15H15N3O2S/c1-10-7-11(5-6-17-10)15(19)18-12-3-2-4-13(8-12)20-9-14(16)21/h2-8H,9H2,1H3,(H2,16,21)(H,18,19). The molecule has 5 nitrogen and oxygen atoms in total. The van der Waals surface area contributed by atoms with E-state index in [4.69, 9.17) is 22.7 Å². The first-order chi connectivity index (χ1) is 10.0.